The van der Waals surface area contributed by atoms with E-state index in [0.717, 1.165) is 55.3 Å². The fourth-order valence-corrected chi connectivity index (χ4v) is 5.06. The van der Waals surface area contributed by atoms with Crippen molar-refractivity contribution < 1.29 is 9.53 Å². The van der Waals surface area contributed by atoms with Crippen LogP contribution in [-0.2, 0) is 22.5 Å². The lowest BCUT2D eigenvalue weighted by atomic mass is 9.85. The zero-order valence-electron chi connectivity index (χ0n) is 21.2. The third-order valence-corrected chi connectivity index (χ3v) is 6.96. The number of hydrogen-bond acceptors (Lipinski definition) is 4. The summed E-state index contributed by atoms with van der Waals surface area (Å²) in [6.45, 7) is 6.97. The molecule has 0 bridgehead atoms. The van der Waals surface area contributed by atoms with Crippen LogP contribution in [0.1, 0.15) is 27.8 Å². The lowest BCUT2D eigenvalue weighted by molar-refractivity contribution is -0.139. The number of carbonyl (C=O) groups is 1. The van der Waals surface area contributed by atoms with E-state index < -0.39 is 0 Å². The number of nitrogens with one attached hydrogen (secondary N) is 1. The van der Waals surface area contributed by atoms with Gasteiger partial charge < -0.3 is 10.1 Å². The summed E-state index contributed by atoms with van der Waals surface area (Å²) in [5.41, 5.74) is 8.58. The highest BCUT2D eigenvalue weighted by Crippen LogP contribution is 2.41. The number of esters is 1. The lowest BCUT2D eigenvalue weighted by Gasteiger charge is -2.21. The van der Waals surface area contributed by atoms with Crippen LogP contribution in [0.25, 0.3) is 32.8 Å². The van der Waals surface area contributed by atoms with Crippen LogP contribution in [0.5, 0.6) is 0 Å². The average molecular weight is 475 g/mol. The first-order valence-corrected chi connectivity index (χ1v) is 12.2. The van der Waals surface area contributed by atoms with Crippen molar-refractivity contribution in [2.75, 3.05) is 12.4 Å². The molecule has 0 saturated heterocycles. The number of ether oxygens (including phenoxy) is 1. The number of carbonyl (C=O) groups excluding carboxylic acids is 1. The van der Waals surface area contributed by atoms with Crippen LogP contribution in [0.15, 0.2) is 78.9 Å². The number of rotatable bonds is 6. The standard InChI is InChI=1S/C32H30N2O2/c1-20-14-16-24(17-15-20)29-22(3)30-25-12-8-9-13-26(25)32(33-19-23-10-6-5-7-11-23)34-31(30)21(2)27(29)18-28(35)36-4/h5-17H,18-19H2,1-4H3,(H,33,34). The predicted octanol–water partition coefficient (Wildman–Crippen LogP) is 7.31. The SMILES string of the molecule is COC(=O)Cc1c(-c2ccc(C)cc2)c(C)c2c(nc(NCc3ccccc3)c3ccccc32)c1C. The Hall–Kier alpha value is -4.18. The third-order valence-electron chi connectivity index (χ3n) is 6.96. The molecule has 5 aromatic rings. The molecule has 0 spiro atoms. The Labute approximate surface area is 212 Å². The quantitative estimate of drug-likeness (QED) is 0.207. The molecule has 0 radical (unpaired) electrons. The monoisotopic (exact) mass is 474 g/mol. The summed E-state index contributed by atoms with van der Waals surface area (Å²) in [4.78, 5) is 17.7. The van der Waals surface area contributed by atoms with Crippen molar-refractivity contribution in [3.05, 3.63) is 107 Å². The number of nitrogens with zero attached hydrogens (tertiary/aromatic N) is 1. The number of benzene rings is 4. The molecule has 36 heavy (non-hydrogen) atoms. The summed E-state index contributed by atoms with van der Waals surface area (Å²) in [7, 11) is 1.44. The van der Waals surface area contributed by atoms with Gasteiger partial charge in [-0.3, -0.25) is 4.79 Å². The summed E-state index contributed by atoms with van der Waals surface area (Å²) < 4.78 is 5.08. The van der Waals surface area contributed by atoms with Crippen molar-refractivity contribution in [3.8, 4) is 11.1 Å². The maximum absolute atomic E-state index is 12.5. The predicted molar refractivity (Wildman–Crippen MR) is 148 cm³/mol. The summed E-state index contributed by atoms with van der Waals surface area (Å²) in [5.74, 6) is 0.588. The van der Waals surface area contributed by atoms with Gasteiger partial charge in [0.2, 0.25) is 0 Å². The molecule has 0 unspecified atom stereocenters. The number of fused-ring (bicyclic) bond motifs is 3. The van der Waals surface area contributed by atoms with E-state index in [9.17, 15) is 4.79 Å². The zero-order chi connectivity index (χ0) is 25.2. The van der Waals surface area contributed by atoms with E-state index in [-0.39, 0.29) is 12.4 Å². The van der Waals surface area contributed by atoms with Crippen LogP contribution in [-0.4, -0.2) is 18.1 Å². The van der Waals surface area contributed by atoms with Crippen LogP contribution < -0.4 is 5.32 Å². The van der Waals surface area contributed by atoms with Gasteiger partial charge in [-0.2, -0.15) is 0 Å². The van der Waals surface area contributed by atoms with Gasteiger partial charge >= 0.3 is 5.97 Å². The highest BCUT2D eigenvalue weighted by Gasteiger charge is 2.22. The Morgan fingerprint density at radius 1 is 0.833 bits per heavy atom. The minimum atomic E-state index is -0.256. The molecule has 1 N–H and O–H groups in total. The maximum atomic E-state index is 12.5. The molecule has 0 aliphatic rings. The van der Waals surface area contributed by atoms with E-state index in [1.807, 2.05) is 18.2 Å². The molecule has 4 aromatic carbocycles. The van der Waals surface area contributed by atoms with E-state index in [1.54, 1.807) is 0 Å². The Balaban J connectivity index is 1.79. The molecule has 1 heterocycles. The Bertz CT molecular complexity index is 1570. The fourth-order valence-electron chi connectivity index (χ4n) is 5.06. The number of hydrogen-bond donors (Lipinski definition) is 1. The first-order chi connectivity index (χ1) is 17.5. The van der Waals surface area contributed by atoms with Crippen molar-refractivity contribution in [2.24, 2.45) is 0 Å². The van der Waals surface area contributed by atoms with Crippen LogP contribution in [0, 0.1) is 20.8 Å². The van der Waals surface area contributed by atoms with Gasteiger partial charge in [0, 0.05) is 17.3 Å². The first-order valence-electron chi connectivity index (χ1n) is 12.2. The van der Waals surface area contributed by atoms with Crippen molar-refractivity contribution in [2.45, 2.75) is 33.7 Å². The first kappa shape index (κ1) is 23.6. The third kappa shape index (κ3) is 4.31. The molecule has 4 heteroatoms. The van der Waals surface area contributed by atoms with E-state index in [1.165, 1.54) is 18.2 Å². The topological polar surface area (TPSA) is 51.2 Å². The molecular formula is C32H30N2O2. The van der Waals surface area contributed by atoms with Crippen molar-refractivity contribution in [1.29, 1.82) is 0 Å². The van der Waals surface area contributed by atoms with E-state index >= 15 is 0 Å². The van der Waals surface area contributed by atoms with Gasteiger partial charge in [0.1, 0.15) is 5.82 Å². The van der Waals surface area contributed by atoms with Crippen LogP contribution in [0.3, 0.4) is 0 Å². The molecular weight excluding hydrogens is 444 g/mol. The van der Waals surface area contributed by atoms with E-state index in [2.05, 4.69) is 86.8 Å². The number of aryl methyl sites for hydroxylation is 3. The second-order valence-corrected chi connectivity index (χ2v) is 9.29. The molecule has 180 valence electrons. The van der Waals surface area contributed by atoms with Crippen molar-refractivity contribution >= 4 is 33.5 Å². The van der Waals surface area contributed by atoms with Gasteiger partial charge in [-0.15, -0.1) is 0 Å². The van der Waals surface area contributed by atoms with Crippen LogP contribution >= 0.6 is 0 Å². The van der Waals surface area contributed by atoms with Crippen LogP contribution in [0.4, 0.5) is 5.82 Å². The Kier molecular flexibility index (Phi) is 6.43. The molecule has 5 rings (SSSR count). The van der Waals surface area contributed by atoms with Crippen molar-refractivity contribution in [3.63, 3.8) is 0 Å². The highest BCUT2D eigenvalue weighted by atomic mass is 16.5. The molecule has 1 aromatic heterocycles. The molecule has 0 amide bonds. The van der Waals surface area contributed by atoms with Gasteiger partial charge in [-0.05, 0) is 59.5 Å². The van der Waals surface area contributed by atoms with Gasteiger partial charge in [-0.1, -0.05) is 84.4 Å². The minimum Gasteiger partial charge on any atom is -0.469 e. The van der Waals surface area contributed by atoms with Gasteiger partial charge in [-0.25, -0.2) is 4.98 Å². The molecule has 0 atom stereocenters. The van der Waals surface area contributed by atoms with Gasteiger partial charge in [0.15, 0.2) is 0 Å². The molecule has 0 aliphatic heterocycles. The fraction of sp³-hybridized carbons (Fsp3) is 0.188. The minimum absolute atomic E-state index is 0.198. The normalized spacial score (nSPS) is 11.1. The number of methoxy groups -OCH3 is 1. The average Bonchev–Trinajstić information content (AvgIpc) is 2.91. The number of pyridine rings is 1. The second kappa shape index (κ2) is 9.82. The van der Waals surface area contributed by atoms with Crippen LogP contribution in [0.2, 0.25) is 0 Å². The summed E-state index contributed by atoms with van der Waals surface area (Å²) in [6, 6.07) is 27.2. The highest BCUT2D eigenvalue weighted by molar-refractivity contribution is 6.14. The summed E-state index contributed by atoms with van der Waals surface area (Å²) in [6.07, 6.45) is 0.198. The van der Waals surface area contributed by atoms with Gasteiger partial charge in [0.25, 0.3) is 0 Å². The van der Waals surface area contributed by atoms with E-state index in [4.69, 9.17) is 9.72 Å². The molecule has 0 fully saturated rings. The number of anilines is 1. The largest absolute Gasteiger partial charge is 0.469 e. The maximum Gasteiger partial charge on any atom is 0.310 e. The second-order valence-electron chi connectivity index (χ2n) is 9.29. The summed E-state index contributed by atoms with van der Waals surface area (Å²) in [5, 5.41) is 6.92. The van der Waals surface area contributed by atoms with Crippen molar-refractivity contribution in [1.82, 2.24) is 4.98 Å². The Morgan fingerprint density at radius 3 is 2.19 bits per heavy atom. The lowest BCUT2D eigenvalue weighted by Crippen LogP contribution is -2.10. The molecule has 4 nitrogen and oxygen atoms in total. The van der Waals surface area contributed by atoms with E-state index in [0.29, 0.717) is 6.54 Å². The smallest absolute Gasteiger partial charge is 0.310 e. The molecule has 0 saturated carbocycles. The summed E-state index contributed by atoms with van der Waals surface area (Å²) >= 11 is 0. The van der Waals surface area contributed by atoms with Gasteiger partial charge in [0.05, 0.1) is 19.0 Å². The number of aromatic nitrogens is 1. The zero-order valence-corrected chi connectivity index (χ0v) is 21.2. The Morgan fingerprint density at radius 2 is 1.50 bits per heavy atom. The molecule has 0 aliphatic carbocycles.